The second-order valence-electron chi connectivity index (χ2n) is 10.8. The summed E-state index contributed by atoms with van der Waals surface area (Å²) < 4.78 is 28.6. The number of carbonyl (C=O) groups is 2. The Kier molecular flexibility index (Phi) is 12.3. The molecule has 15 heteroatoms. The van der Waals surface area contributed by atoms with E-state index in [1.54, 1.807) is 18.2 Å². The number of carboxylic acid groups (broad SMARTS) is 1. The molecule has 3 aliphatic rings. The zero-order chi connectivity index (χ0) is 32.8. The predicted molar refractivity (Wildman–Crippen MR) is 172 cm³/mol. The van der Waals surface area contributed by atoms with Gasteiger partial charge in [-0.15, -0.1) is 0 Å². The molecule has 1 fully saturated rings. The fraction of sp³-hybridized carbons (Fsp3) is 0.469. The standard InChI is InChI=1S/C32H41N7O8/c1-2-45-32-38-30-34-19-21-5-8-24(9-6-21)46-16-14-43-12-13-44-15-17-47-26-18-23(35-31(37-30)39-32)7-10-25(26)28(40)36-27(29(41)42)22-4-3-11-33-20-22/h5-10,18,22,27,33H,2-4,11-17,19-20H2,1H3,(H,36,40)(H,41,42)(H2,34,35,37,38,39). The highest BCUT2D eigenvalue weighted by atomic mass is 16.6. The molecule has 0 radical (unpaired) electrons. The number of amides is 1. The van der Waals surface area contributed by atoms with E-state index >= 15 is 0 Å². The van der Waals surface area contributed by atoms with Gasteiger partial charge in [0.05, 0.1) is 38.6 Å². The number of rotatable bonds is 6. The molecule has 6 rings (SSSR count). The third kappa shape index (κ3) is 10.1. The Balaban J connectivity index is 1.38. The van der Waals surface area contributed by atoms with Crippen LogP contribution in [0.1, 0.15) is 35.7 Å². The van der Waals surface area contributed by atoms with Crippen molar-refractivity contribution in [2.24, 2.45) is 5.92 Å². The number of piperidine rings is 1. The number of carboxylic acids is 1. The molecular weight excluding hydrogens is 610 g/mol. The molecule has 3 aliphatic heterocycles. The van der Waals surface area contributed by atoms with Crippen molar-refractivity contribution in [2.75, 3.05) is 70.0 Å². The number of nitrogens with one attached hydrogen (secondary N) is 4. The molecule has 0 spiro atoms. The maximum Gasteiger partial charge on any atom is 0.326 e. The molecule has 252 valence electrons. The van der Waals surface area contributed by atoms with Crippen LogP contribution in [0.2, 0.25) is 0 Å². The SMILES string of the molecule is CCOc1nc2nc(n1)Nc1ccc(C(=O)NC(C(=O)O)C3CCCNC3)c(c1)OCCOCCOCCOc1ccc(cc1)CN2. The van der Waals surface area contributed by atoms with Crippen molar-refractivity contribution >= 4 is 29.5 Å². The summed E-state index contributed by atoms with van der Waals surface area (Å²) in [6, 6.07) is 11.6. The molecule has 15 nitrogen and oxygen atoms in total. The van der Waals surface area contributed by atoms with Crippen molar-refractivity contribution in [3.05, 3.63) is 53.6 Å². The first kappa shape index (κ1) is 33.6. The molecule has 3 aromatic rings. The van der Waals surface area contributed by atoms with Crippen molar-refractivity contribution in [1.82, 2.24) is 25.6 Å². The molecular formula is C32H41N7O8. The quantitative estimate of drug-likeness (QED) is 0.245. The van der Waals surface area contributed by atoms with Gasteiger partial charge in [0.25, 0.3) is 5.91 Å². The van der Waals surface area contributed by atoms with Crippen LogP contribution in [0.5, 0.6) is 17.5 Å². The Morgan fingerprint density at radius 3 is 2.45 bits per heavy atom. The van der Waals surface area contributed by atoms with E-state index in [9.17, 15) is 14.7 Å². The number of anilines is 3. The number of fused-ring (bicyclic) bond motifs is 12. The minimum absolute atomic E-state index is 0.130. The van der Waals surface area contributed by atoms with Gasteiger partial charge in [-0.1, -0.05) is 12.1 Å². The van der Waals surface area contributed by atoms with E-state index in [4.69, 9.17) is 23.7 Å². The lowest BCUT2D eigenvalue weighted by molar-refractivity contribution is -0.140. The van der Waals surface area contributed by atoms with Gasteiger partial charge < -0.3 is 50.1 Å². The first-order valence-corrected chi connectivity index (χ1v) is 15.8. The van der Waals surface area contributed by atoms with E-state index in [0.29, 0.717) is 64.2 Å². The molecule has 4 heterocycles. The summed E-state index contributed by atoms with van der Waals surface area (Å²) >= 11 is 0. The summed E-state index contributed by atoms with van der Waals surface area (Å²) in [5.74, 6) is -0.419. The van der Waals surface area contributed by atoms with E-state index < -0.39 is 17.9 Å². The molecule has 47 heavy (non-hydrogen) atoms. The largest absolute Gasteiger partial charge is 0.491 e. The fourth-order valence-electron chi connectivity index (χ4n) is 5.12. The summed E-state index contributed by atoms with van der Waals surface area (Å²) in [6.45, 7) is 5.84. The number of hydrogen-bond donors (Lipinski definition) is 5. The second kappa shape index (κ2) is 17.3. The van der Waals surface area contributed by atoms with Crippen molar-refractivity contribution in [2.45, 2.75) is 32.4 Å². The van der Waals surface area contributed by atoms with Crippen LogP contribution in [0, 0.1) is 5.92 Å². The highest BCUT2D eigenvalue weighted by Crippen LogP contribution is 2.27. The summed E-state index contributed by atoms with van der Waals surface area (Å²) in [6.07, 6.45) is 1.54. The van der Waals surface area contributed by atoms with Crippen molar-refractivity contribution in [3.63, 3.8) is 0 Å². The van der Waals surface area contributed by atoms with Crippen molar-refractivity contribution in [1.29, 1.82) is 0 Å². The molecule has 1 saturated heterocycles. The second-order valence-corrected chi connectivity index (χ2v) is 10.8. The number of aromatic nitrogens is 3. The van der Waals surface area contributed by atoms with Crippen LogP contribution in [0.4, 0.5) is 17.6 Å². The van der Waals surface area contributed by atoms with E-state index in [1.807, 2.05) is 31.2 Å². The minimum atomic E-state index is -1.09. The monoisotopic (exact) mass is 651 g/mol. The third-order valence-corrected chi connectivity index (χ3v) is 7.46. The molecule has 1 aromatic heterocycles. The zero-order valence-corrected chi connectivity index (χ0v) is 26.3. The van der Waals surface area contributed by atoms with Crippen LogP contribution in [0.25, 0.3) is 0 Å². The highest BCUT2D eigenvalue weighted by molar-refractivity contribution is 5.99. The van der Waals surface area contributed by atoms with Gasteiger partial charge in [-0.25, -0.2) is 4.79 Å². The van der Waals surface area contributed by atoms with E-state index in [-0.39, 0.29) is 42.4 Å². The fourth-order valence-corrected chi connectivity index (χ4v) is 5.12. The average molecular weight is 652 g/mol. The Morgan fingerprint density at radius 1 is 0.979 bits per heavy atom. The topological polar surface area (TPSA) is 187 Å². The Labute approximate surface area is 272 Å². The summed E-state index contributed by atoms with van der Waals surface area (Å²) in [5.41, 5.74) is 1.68. The van der Waals surface area contributed by atoms with Gasteiger partial charge in [0.2, 0.25) is 11.9 Å². The van der Waals surface area contributed by atoms with E-state index in [2.05, 4.69) is 36.2 Å². The highest BCUT2D eigenvalue weighted by Gasteiger charge is 2.31. The zero-order valence-electron chi connectivity index (χ0n) is 26.3. The van der Waals surface area contributed by atoms with Crippen LogP contribution in [-0.2, 0) is 20.8 Å². The van der Waals surface area contributed by atoms with Crippen LogP contribution in [0.3, 0.4) is 0 Å². The lowest BCUT2D eigenvalue weighted by atomic mass is 9.91. The lowest BCUT2D eigenvalue weighted by Gasteiger charge is -2.28. The smallest absolute Gasteiger partial charge is 0.326 e. The van der Waals surface area contributed by atoms with Crippen LogP contribution in [-0.4, -0.2) is 97.3 Å². The molecule has 2 aromatic carbocycles. The van der Waals surface area contributed by atoms with Gasteiger partial charge in [0.15, 0.2) is 0 Å². The van der Waals surface area contributed by atoms with E-state index in [1.165, 1.54) is 0 Å². The number of hydrogen-bond acceptors (Lipinski definition) is 13. The van der Waals surface area contributed by atoms with Crippen molar-refractivity contribution < 1.29 is 38.4 Å². The summed E-state index contributed by atoms with van der Waals surface area (Å²) in [7, 11) is 0. The van der Waals surface area contributed by atoms with Crippen LogP contribution in [0.15, 0.2) is 42.5 Å². The number of carbonyl (C=O) groups excluding carboxylic acids is 1. The third-order valence-electron chi connectivity index (χ3n) is 7.46. The Hall–Kier alpha value is -4.73. The Morgan fingerprint density at radius 2 is 1.72 bits per heavy atom. The molecule has 0 saturated carbocycles. The first-order chi connectivity index (χ1) is 23.0. The predicted octanol–water partition coefficient (Wildman–Crippen LogP) is 2.61. The van der Waals surface area contributed by atoms with Gasteiger partial charge in [-0.2, -0.15) is 15.0 Å². The number of nitrogens with zero attached hydrogens (tertiary/aromatic N) is 3. The van der Waals surface area contributed by atoms with E-state index in [0.717, 1.165) is 24.3 Å². The molecule has 0 aliphatic carbocycles. The summed E-state index contributed by atoms with van der Waals surface area (Å²) in [5, 5.41) is 22.2. The van der Waals surface area contributed by atoms with Gasteiger partial charge in [-0.05, 0) is 56.1 Å². The maximum absolute atomic E-state index is 13.5. The minimum Gasteiger partial charge on any atom is -0.491 e. The summed E-state index contributed by atoms with van der Waals surface area (Å²) in [4.78, 5) is 38.8. The van der Waals surface area contributed by atoms with Gasteiger partial charge in [0.1, 0.15) is 30.8 Å². The van der Waals surface area contributed by atoms with Crippen LogP contribution >= 0.6 is 0 Å². The van der Waals surface area contributed by atoms with Gasteiger partial charge in [0, 0.05) is 30.8 Å². The lowest BCUT2D eigenvalue weighted by Crippen LogP contribution is -2.50. The number of ether oxygens (including phenoxy) is 5. The molecule has 6 bridgehead atoms. The number of benzene rings is 2. The Bertz CT molecular complexity index is 1470. The normalized spacial score (nSPS) is 18.3. The average Bonchev–Trinajstić information content (AvgIpc) is 3.07. The van der Waals surface area contributed by atoms with Gasteiger partial charge in [-0.3, -0.25) is 4.79 Å². The van der Waals surface area contributed by atoms with Gasteiger partial charge >= 0.3 is 12.0 Å². The number of aliphatic carboxylic acids is 1. The molecule has 2 atom stereocenters. The molecule has 1 amide bonds. The molecule has 2 unspecified atom stereocenters. The van der Waals surface area contributed by atoms with Crippen LogP contribution < -0.4 is 35.5 Å². The van der Waals surface area contributed by atoms with Crippen molar-refractivity contribution in [3.8, 4) is 17.5 Å². The first-order valence-electron chi connectivity index (χ1n) is 15.8. The molecule has 5 N–H and O–H groups in total. The maximum atomic E-state index is 13.5.